The summed E-state index contributed by atoms with van der Waals surface area (Å²) in [5.41, 5.74) is 8.13. The van der Waals surface area contributed by atoms with Crippen LogP contribution in [0.5, 0.6) is 5.75 Å². The van der Waals surface area contributed by atoms with Gasteiger partial charge in [0.2, 0.25) is 5.95 Å². The zero-order valence-electron chi connectivity index (χ0n) is 10.9. The highest BCUT2D eigenvalue weighted by Crippen LogP contribution is 2.34. The lowest BCUT2D eigenvalue weighted by molar-refractivity contribution is 0.415. The van der Waals surface area contributed by atoms with Gasteiger partial charge in [-0.05, 0) is 24.3 Å². The third kappa shape index (κ3) is 2.39. The number of methoxy groups -OCH3 is 1. The third-order valence-corrected chi connectivity index (χ3v) is 4.14. The second-order valence-corrected chi connectivity index (χ2v) is 5.60. The van der Waals surface area contributed by atoms with E-state index in [1.807, 2.05) is 12.1 Å². The third-order valence-electron chi connectivity index (χ3n) is 3.12. The SMILES string of the molecule is COc1ccc2c(c1)nc(N)n2-c1cc(Cl)c(Cl)cc1Cl. The Bertz CT molecular complexity index is 845. The topological polar surface area (TPSA) is 53.1 Å². The molecule has 0 radical (unpaired) electrons. The van der Waals surface area contributed by atoms with E-state index < -0.39 is 0 Å². The minimum absolute atomic E-state index is 0.304. The largest absolute Gasteiger partial charge is 0.497 e. The Labute approximate surface area is 136 Å². The molecule has 2 N–H and O–H groups in total. The van der Waals surface area contributed by atoms with Crippen LogP contribution in [-0.4, -0.2) is 16.7 Å². The zero-order valence-corrected chi connectivity index (χ0v) is 13.2. The first-order chi connectivity index (χ1) is 10.0. The number of halogens is 3. The van der Waals surface area contributed by atoms with E-state index in [-0.39, 0.29) is 0 Å². The Morgan fingerprint density at radius 2 is 1.76 bits per heavy atom. The summed E-state index contributed by atoms with van der Waals surface area (Å²) in [4.78, 5) is 4.32. The highest BCUT2D eigenvalue weighted by Gasteiger charge is 2.15. The lowest BCUT2D eigenvalue weighted by Gasteiger charge is -2.10. The number of nitrogens with zero attached hydrogens (tertiary/aromatic N) is 2. The molecule has 0 fully saturated rings. The molecule has 0 aliphatic carbocycles. The number of hydrogen-bond acceptors (Lipinski definition) is 3. The number of hydrogen-bond donors (Lipinski definition) is 1. The van der Waals surface area contributed by atoms with Crippen LogP contribution in [0.4, 0.5) is 5.95 Å². The van der Waals surface area contributed by atoms with Gasteiger partial charge in [0.25, 0.3) is 0 Å². The molecule has 108 valence electrons. The van der Waals surface area contributed by atoms with Gasteiger partial charge < -0.3 is 10.5 Å². The number of anilines is 1. The van der Waals surface area contributed by atoms with E-state index in [4.69, 9.17) is 45.3 Å². The van der Waals surface area contributed by atoms with Crippen LogP contribution >= 0.6 is 34.8 Å². The number of fused-ring (bicyclic) bond motifs is 1. The molecule has 0 aliphatic heterocycles. The molecule has 1 heterocycles. The lowest BCUT2D eigenvalue weighted by Crippen LogP contribution is -2.01. The van der Waals surface area contributed by atoms with Crippen molar-refractivity contribution in [2.75, 3.05) is 12.8 Å². The van der Waals surface area contributed by atoms with E-state index in [2.05, 4.69) is 4.98 Å². The molecule has 0 saturated heterocycles. The monoisotopic (exact) mass is 341 g/mol. The Kier molecular flexibility index (Phi) is 3.61. The van der Waals surface area contributed by atoms with Crippen molar-refractivity contribution in [3.63, 3.8) is 0 Å². The van der Waals surface area contributed by atoms with Crippen molar-refractivity contribution in [3.05, 3.63) is 45.4 Å². The van der Waals surface area contributed by atoms with Crippen LogP contribution in [-0.2, 0) is 0 Å². The number of benzene rings is 2. The summed E-state index contributed by atoms with van der Waals surface area (Å²) in [5, 5.41) is 1.21. The van der Waals surface area contributed by atoms with E-state index in [1.54, 1.807) is 29.9 Å². The van der Waals surface area contributed by atoms with Gasteiger partial charge in [0.15, 0.2) is 0 Å². The Balaban J connectivity index is 2.30. The molecule has 7 heteroatoms. The average Bonchev–Trinajstić information content (AvgIpc) is 2.77. The van der Waals surface area contributed by atoms with E-state index in [9.17, 15) is 0 Å². The van der Waals surface area contributed by atoms with Crippen LogP contribution in [0.2, 0.25) is 15.1 Å². The smallest absolute Gasteiger partial charge is 0.205 e. The average molecular weight is 343 g/mol. The normalized spacial score (nSPS) is 11.0. The van der Waals surface area contributed by atoms with Gasteiger partial charge in [-0.2, -0.15) is 0 Å². The number of rotatable bonds is 2. The van der Waals surface area contributed by atoms with Crippen LogP contribution in [0.25, 0.3) is 16.7 Å². The van der Waals surface area contributed by atoms with E-state index in [1.165, 1.54) is 0 Å². The van der Waals surface area contributed by atoms with Crippen LogP contribution in [0.1, 0.15) is 0 Å². The second-order valence-electron chi connectivity index (χ2n) is 4.38. The highest BCUT2D eigenvalue weighted by molar-refractivity contribution is 6.43. The number of aromatic nitrogens is 2. The standard InChI is InChI=1S/C14H10Cl3N3O/c1-21-7-2-3-12-11(4-7)19-14(18)20(12)13-6-9(16)8(15)5-10(13)17/h2-6H,1H3,(H2,18,19). The lowest BCUT2D eigenvalue weighted by atomic mass is 10.2. The summed E-state index contributed by atoms with van der Waals surface area (Å²) < 4.78 is 6.90. The molecule has 4 nitrogen and oxygen atoms in total. The van der Waals surface area contributed by atoms with E-state index >= 15 is 0 Å². The first-order valence-electron chi connectivity index (χ1n) is 5.98. The maximum Gasteiger partial charge on any atom is 0.205 e. The zero-order chi connectivity index (χ0) is 15.1. The van der Waals surface area contributed by atoms with E-state index in [0.29, 0.717) is 38.0 Å². The van der Waals surface area contributed by atoms with Crippen molar-refractivity contribution < 1.29 is 4.74 Å². The summed E-state index contributed by atoms with van der Waals surface area (Å²) in [5.74, 6) is 1.01. The minimum atomic E-state index is 0.304. The van der Waals surface area contributed by atoms with Crippen molar-refractivity contribution in [2.24, 2.45) is 0 Å². The molecule has 1 aromatic heterocycles. The number of imidazole rings is 1. The van der Waals surface area contributed by atoms with Crippen molar-refractivity contribution in [2.45, 2.75) is 0 Å². The Hall–Kier alpha value is -1.62. The van der Waals surface area contributed by atoms with Crippen LogP contribution in [0.3, 0.4) is 0 Å². The summed E-state index contributed by atoms with van der Waals surface area (Å²) in [6.45, 7) is 0. The molecular formula is C14H10Cl3N3O. The fourth-order valence-electron chi connectivity index (χ4n) is 2.14. The fraction of sp³-hybridized carbons (Fsp3) is 0.0714. The fourth-order valence-corrected chi connectivity index (χ4v) is 2.77. The van der Waals surface area contributed by atoms with Crippen LogP contribution < -0.4 is 10.5 Å². The first kappa shape index (κ1) is 14.3. The predicted octanol–water partition coefficient (Wildman–Crippen LogP) is 4.58. The Morgan fingerprint density at radius 3 is 2.48 bits per heavy atom. The number of nitrogens with two attached hydrogens (primary N) is 1. The molecule has 0 amide bonds. The molecule has 0 unspecified atom stereocenters. The minimum Gasteiger partial charge on any atom is -0.497 e. The summed E-state index contributed by atoms with van der Waals surface area (Å²) in [6.07, 6.45) is 0. The van der Waals surface area contributed by atoms with Crippen molar-refractivity contribution >= 4 is 51.8 Å². The predicted molar refractivity (Wildman–Crippen MR) is 87.1 cm³/mol. The van der Waals surface area contributed by atoms with Crippen LogP contribution in [0, 0.1) is 0 Å². The molecule has 3 rings (SSSR count). The summed E-state index contributed by atoms with van der Waals surface area (Å²) in [6, 6.07) is 8.72. The van der Waals surface area contributed by atoms with Gasteiger partial charge in [-0.1, -0.05) is 34.8 Å². The Morgan fingerprint density at radius 1 is 1.05 bits per heavy atom. The van der Waals surface area contributed by atoms with Crippen LogP contribution in [0.15, 0.2) is 30.3 Å². The quantitative estimate of drug-likeness (QED) is 0.694. The molecule has 0 aliphatic rings. The summed E-state index contributed by atoms with van der Waals surface area (Å²) >= 11 is 18.3. The van der Waals surface area contributed by atoms with E-state index in [0.717, 1.165) is 5.52 Å². The molecular weight excluding hydrogens is 333 g/mol. The molecule has 0 bridgehead atoms. The molecule has 0 saturated carbocycles. The maximum atomic E-state index is 6.25. The van der Waals surface area contributed by atoms with Crippen molar-refractivity contribution in [1.29, 1.82) is 0 Å². The van der Waals surface area contributed by atoms with Gasteiger partial charge in [0.1, 0.15) is 5.75 Å². The first-order valence-corrected chi connectivity index (χ1v) is 7.11. The van der Waals surface area contributed by atoms with Gasteiger partial charge >= 0.3 is 0 Å². The van der Waals surface area contributed by atoms with Crippen molar-refractivity contribution in [1.82, 2.24) is 9.55 Å². The maximum absolute atomic E-state index is 6.25. The number of nitrogen functional groups attached to an aromatic ring is 1. The molecule has 21 heavy (non-hydrogen) atoms. The molecule has 3 aromatic rings. The van der Waals surface area contributed by atoms with Gasteiger partial charge in [-0.15, -0.1) is 0 Å². The molecule has 0 atom stereocenters. The summed E-state index contributed by atoms with van der Waals surface area (Å²) in [7, 11) is 1.59. The van der Waals surface area contributed by atoms with Gasteiger partial charge in [0, 0.05) is 6.07 Å². The highest BCUT2D eigenvalue weighted by atomic mass is 35.5. The van der Waals surface area contributed by atoms with Crippen molar-refractivity contribution in [3.8, 4) is 11.4 Å². The molecule has 2 aromatic carbocycles. The van der Waals surface area contributed by atoms with Gasteiger partial charge in [-0.3, -0.25) is 4.57 Å². The van der Waals surface area contributed by atoms with Gasteiger partial charge in [0.05, 0.1) is 38.9 Å². The van der Waals surface area contributed by atoms with Gasteiger partial charge in [-0.25, -0.2) is 4.98 Å². The molecule has 0 spiro atoms. The second kappa shape index (κ2) is 5.30. The number of ether oxygens (including phenoxy) is 1.